The lowest BCUT2D eigenvalue weighted by Crippen LogP contribution is -2.39. The SMILES string of the molecule is NNc1ccncc1C(=O)NC1CCc2ccccc2C1. The lowest BCUT2D eigenvalue weighted by Gasteiger charge is -2.25. The molecule has 1 amide bonds. The zero-order valence-corrected chi connectivity index (χ0v) is 11.7. The maximum Gasteiger partial charge on any atom is 0.255 e. The van der Waals surface area contributed by atoms with E-state index in [-0.39, 0.29) is 11.9 Å². The predicted molar refractivity (Wildman–Crippen MR) is 81.8 cm³/mol. The summed E-state index contributed by atoms with van der Waals surface area (Å²) in [6.45, 7) is 0. The minimum absolute atomic E-state index is 0.138. The summed E-state index contributed by atoms with van der Waals surface area (Å²) in [5.74, 6) is 5.29. The minimum atomic E-state index is -0.138. The highest BCUT2D eigenvalue weighted by Gasteiger charge is 2.21. The normalized spacial score (nSPS) is 16.9. The Morgan fingerprint density at radius 3 is 2.86 bits per heavy atom. The fraction of sp³-hybridized carbons (Fsp3) is 0.250. The molecule has 1 aromatic heterocycles. The van der Waals surface area contributed by atoms with Gasteiger partial charge < -0.3 is 10.7 Å². The Labute approximate surface area is 123 Å². The van der Waals surface area contributed by atoms with Crippen molar-refractivity contribution < 1.29 is 4.79 Å². The monoisotopic (exact) mass is 282 g/mol. The van der Waals surface area contributed by atoms with Crippen LogP contribution in [0.15, 0.2) is 42.7 Å². The quantitative estimate of drug-likeness (QED) is 0.591. The Hall–Kier alpha value is -2.40. The molecule has 4 N–H and O–H groups in total. The molecule has 5 heteroatoms. The Bertz CT molecular complexity index is 656. The molecule has 0 saturated heterocycles. The van der Waals surface area contributed by atoms with Crippen LogP contribution < -0.4 is 16.6 Å². The van der Waals surface area contributed by atoms with Crippen molar-refractivity contribution in [2.24, 2.45) is 5.84 Å². The van der Waals surface area contributed by atoms with E-state index in [1.54, 1.807) is 12.3 Å². The summed E-state index contributed by atoms with van der Waals surface area (Å²) in [6, 6.07) is 10.2. The van der Waals surface area contributed by atoms with E-state index in [0.717, 1.165) is 19.3 Å². The number of benzene rings is 1. The van der Waals surface area contributed by atoms with Crippen LogP contribution in [0.1, 0.15) is 27.9 Å². The van der Waals surface area contributed by atoms with Crippen molar-refractivity contribution in [2.45, 2.75) is 25.3 Å². The number of hydrazine groups is 1. The molecule has 1 aliphatic carbocycles. The van der Waals surface area contributed by atoms with Gasteiger partial charge >= 0.3 is 0 Å². The Kier molecular flexibility index (Phi) is 3.83. The van der Waals surface area contributed by atoms with E-state index in [4.69, 9.17) is 5.84 Å². The zero-order chi connectivity index (χ0) is 14.7. The van der Waals surface area contributed by atoms with Crippen LogP contribution in [0.25, 0.3) is 0 Å². The topological polar surface area (TPSA) is 80.0 Å². The molecule has 0 aliphatic heterocycles. The average Bonchev–Trinajstić information content (AvgIpc) is 2.54. The number of rotatable bonds is 3. The predicted octanol–water partition coefficient (Wildman–Crippen LogP) is 1.65. The number of amides is 1. The van der Waals surface area contributed by atoms with Gasteiger partial charge in [0.15, 0.2) is 0 Å². The van der Waals surface area contributed by atoms with Crippen LogP contribution in [-0.4, -0.2) is 16.9 Å². The highest BCUT2D eigenvalue weighted by atomic mass is 16.1. The number of hydrogen-bond acceptors (Lipinski definition) is 4. The smallest absolute Gasteiger partial charge is 0.255 e. The molecule has 21 heavy (non-hydrogen) atoms. The van der Waals surface area contributed by atoms with Crippen LogP contribution in [0.5, 0.6) is 0 Å². The largest absolute Gasteiger partial charge is 0.349 e. The Morgan fingerprint density at radius 2 is 2.05 bits per heavy atom. The third kappa shape index (κ3) is 2.87. The van der Waals surface area contributed by atoms with Crippen LogP contribution in [0, 0.1) is 0 Å². The van der Waals surface area contributed by atoms with Gasteiger partial charge in [-0.3, -0.25) is 15.6 Å². The summed E-state index contributed by atoms with van der Waals surface area (Å²) in [6.07, 6.45) is 5.95. The molecule has 1 unspecified atom stereocenters. The molecular formula is C16H18N4O. The second-order valence-electron chi connectivity index (χ2n) is 5.25. The van der Waals surface area contributed by atoms with Gasteiger partial charge in [0.1, 0.15) is 0 Å². The van der Waals surface area contributed by atoms with Gasteiger partial charge in [0.05, 0.1) is 11.3 Å². The lowest BCUT2D eigenvalue weighted by molar-refractivity contribution is 0.0934. The first-order chi connectivity index (χ1) is 10.3. The maximum absolute atomic E-state index is 12.4. The van der Waals surface area contributed by atoms with E-state index in [0.29, 0.717) is 11.3 Å². The number of pyridine rings is 1. The molecule has 1 aromatic carbocycles. The van der Waals surface area contributed by atoms with Gasteiger partial charge in [-0.15, -0.1) is 0 Å². The number of hydrogen-bond donors (Lipinski definition) is 3. The summed E-state index contributed by atoms with van der Waals surface area (Å²) in [5.41, 5.74) is 6.28. The number of fused-ring (bicyclic) bond motifs is 1. The van der Waals surface area contributed by atoms with Gasteiger partial charge in [-0.25, -0.2) is 0 Å². The number of nitrogen functional groups attached to an aromatic ring is 1. The van der Waals surface area contributed by atoms with Crippen molar-refractivity contribution in [1.82, 2.24) is 10.3 Å². The van der Waals surface area contributed by atoms with Gasteiger partial charge in [-0.05, 0) is 36.5 Å². The first kappa shape index (κ1) is 13.6. The van der Waals surface area contributed by atoms with Crippen molar-refractivity contribution in [1.29, 1.82) is 0 Å². The van der Waals surface area contributed by atoms with Crippen molar-refractivity contribution >= 4 is 11.6 Å². The molecule has 1 heterocycles. The van der Waals surface area contributed by atoms with Crippen molar-refractivity contribution in [3.05, 3.63) is 59.4 Å². The molecule has 0 radical (unpaired) electrons. The fourth-order valence-corrected chi connectivity index (χ4v) is 2.79. The van der Waals surface area contributed by atoms with Gasteiger partial charge in [0, 0.05) is 18.4 Å². The van der Waals surface area contributed by atoms with Crippen molar-refractivity contribution in [2.75, 3.05) is 5.43 Å². The molecular weight excluding hydrogens is 264 g/mol. The van der Waals surface area contributed by atoms with E-state index in [1.807, 2.05) is 6.07 Å². The molecule has 0 saturated carbocycles. The van der Waals surface area contributed by atoms with Gasteiger partial charge in [-0.2, -0.15) is 0 Å². The van der Waals surface area contributed by atoms with E-state index >= 15 is 0 Å². The number of anilines is 1. The first-order valence-corrected chi connectivity index (χ1v) is 7.06. The molecule has 108 valence electrons. The summed E-state index contributed by atoms with van der Waals surface area (Å²) < 4.78 is 0. The Balaban J connectivity index is 1.72. The summed E-state index contributed by atoms with van der Waals surface area (Å²) in [7, 11) is 0. The molecule has 0 spiro atoms. The fourth-order valence-electron chi connectivity index (χ4n) is 2.79. The van der Waals surface area contributed by atoms with Gasteiger partial charge in [0.25, 0.3) is 5.91 Å². The van der Waals surface area contributed by atoms with Crippen molar-refractivity contribution in [3.63, 3.8) is 0 Å². The summed E-state index contributed by atoms with van der Waals surface area (Å²) in [5, 5.41) is 3.08. The lowest BCUT2D eigenvalue weighted by atomic mass is 9.88. The number of aromatic nitrogens is 1. The zero-order valence-electron chi connectivity index (χ0n) is 11.7. The second-order valence-corrected chi connectivity index (χ2v) is 5.25. The maximum atomic E-state index is 12.4. The number of carbonyl (C=O) groups excluding carboxylic acids is 1. The molecule has 0 bridgehead atoms. The van der Waals surface area contributed by atoms with Gasteiger partial charge in [0.2, 0.25) is 0 Å². The molecule has 1 atom stereocenters. The van der Waals surface area contributed by atoms with Crippen LogP contribution in [0.4, 0.5) is 5.69 Å². The number of aryl methyl sites for hydroxylation is 1. The number of nitrogens with one attached hydrogen (secondary N) is 2. The molecule has 1 aliphatic rings. The van der Waals surface area contributed by atoms with Gasteiger partial charge in [-0.1, -0.05) is 24.3 Å². The third-order valence-corrected chi connectivity index (χ3v) is 3.90. The number of carbonyl (C=O) groups is 1. The molecule has 3 rings (SSSR count). The summed E-state index contributed by atoms with van der Waals surface area (Å²) >= 11 is 0. The van der Waals surface area contributed by atoms with E-state index in [1.165, 1.54) is 17.3 Å². The van der Waals surface area contributed by atoms with Crippen LogP contribution in [0.3, 0.4) is 0 Å². The summed E-state index contributed by atoms with van der Waals surface area (Å²) in [4.78, 5) is 16.3. The van der Waals surface area contributed by atoms with Crippen LogP contribution in [0.2, 0.25) is 0 Å². The molecule has 0 fully saturated rings. The van der Waals surface area contributed by atoms with E-state index < -0.39 is 0 Å². The standard InChI is InChI=1S/C16H18N4O/c17-20-15-7-8-18-10-14(15)16(21)19-13-6-5-11-3-1-2-4-12(11)9-13/h1-4,7-8,10,13H,5-6,9,17H2,(H,18,20)(H,19,21). The molecule has 5 nitrogen and oxygen atoms in total. The highest BCUT2D eigenvalue weighted by molar-refractivity contribution is 5.99. The van der Waals surface area contributed by atoms with E-state index in [9.17, 15) is 4.79 Å². The average molecular weight is 282 g/mol. The second kappa shape index (κ2) is 5.93. The number of nitrogens with two attached hydrogens (primary N) is 1. The van der Waals surface area contributed by atoms with Crippen LogP contribution in [-0.2, 0) is 12.8 Å². The van der Waals surface area contributed by atoms with E-state index in [2.05, 4.69) is 33.9 Å². The Morgan fingerprint density at radius 1 is 1.24 bits per heavy atom. The highest BCUT2D eigenvalue weighted by Crippen LogP contribution is 2.21. The van der Waals surface area contributed by atoms with Crippen LogP contribution >= 0.6 is 0 Å². The molecule has 2 aromatic rings. The minimum Gasteiger partial charge on any atom is -0.349 e. The number of nitrogens with zero attached hydrogens (tertiary/aromatic N) is 1. The van der Waals surface area contributed by atoms with Crippen molar-refractivity contribution in [3.8, 4) is 0 Å². The third-order valence-electron chi connectivity index (χ3n) is 3.90. The first-order valence-electron chi connectivity index (χ1n) is 7.06.